The maximum atomic E-state index is 12.9. The number of rotatable bonds is 2. The molecule has 1 unspecified atom stereocenters. The SMILES string of the molecule is CC(=O)C(Br)c1cc(F)ccc1C#N. The molecule has 0 saturated heterocycles. The topological polar surface area (TPSA) is 40.9 Å². The van der Waals surface area contributed by atoms with Gasteiger partial charge in [-0.05, 0) is 30.7 Å². The number of hydrogen-bond acceptors (Lipinski definition) is 2. The van der Waals surface area contributed by atoms with Crippen LogP contribution < -0.4 is 0 Å². The Bertz CT molecular complexity index is 411. The van der Waals surface area contributed by atoms with Gasteiger partial charge in [0, 0.05) is 0 Å². The standard InChI is InChI=1S/C10H7BrFNO/c1-6(14)10(11)9-4-8(12)3-2-7(9)5-13/h2-4,10H,1H3. The second kappa shape index (κ2) is 4.34. The van der Waals surface area contributed by atoms with Gasteiger partial charge in [-0.25, -0.2) is 4.39 Å². The van der Waals surface area contributed by atoms with Crippen molar-refractivity contribution in [1.82, 2.24) is 0 Å². The van der Waals surface area contributed by atoms with Crippen molar-refractivity contribution in [3.8, 4) is 6.07 Å². The molecule has 0 saturated carbocycles. The number of carbonyl (C=O) groups excluding carboxylic acids is 1. The van der Waals surface area contributed by atoms with E-state index in [4.69, 9.17) is 5.26 Å². The zero-order valence-corrected chi connectivity index (χ0v) is 9.01. The van der Waals surface area contributed by atoms with E-state index >= 15 is 0 Å². The molecule has 0 aliphatic rings. The summed E-state index contributed by atoms with van der Waals surface area (Å²) in [4.78, 5) is 10.4. The number of Topliss-reactive ketones (excluding diaryl/α,β-unsaturated/α-hetero) is 1. The van der Waals surface area contributed by atoms with Crippen LogP contribution in [0.15, 0.2) is 18.2 Å². The molecule has 0 amide bonds. The Morgan fingerprint density at radius 3 is 2.79 bits per heavy atom. The third-order valence-corrected chi connectivity index (χ3v) is 2.90. The van der Waals surface area contributed by atoms with Crippen LogP contribution in [0.2, 0.25) is 0 Å². The molecule has 0 aromatic heterocycles. The molecule has 1 atom stereocenters. The molecule has 1 aromatic carbocycles. The van der Waals surface area contributed by atoms with Crippen molar-refractivity contribution in [3.63, 3.8) is 0 Å². The summed E-state index contributed by atoms with van der Waals surface area (Å²) < 4.78 is 12.9. The predicted octanol–water partition coefficient (Wildman–Crippen LogP) is 2.72. The maximum absolute atomic E-state index is 12.9. The van der Waals surface area contributed by atoms with Gasteiger partial charge in [0.1, 0.15) is 11.6 Å². The van der Waals surface area contributed by atoms with E-state index in [0.717, 1.165) is 0 Å². The highest BCUT2D eigenvalue weighted by molar-refractivity contribution is 9.09. The summed E-state index contributed by atoms with van der Waals surface area (Å²) in [5, 5.41) is 8.74. The largest absolute Gasteiger partial charge is 0.298 e. The van der Waals surface area contributed by atoms with Crippen LogP contribution in [0, 0.1) is 17.1 Å². The van der Waals surface area contributed by atoms with Crippen LogP contribution in [-0.4, -0.2) is 5.78 Å². The van der Waals surface area contributed by atoms with E-state index in [1.807, 2.05) is 6.07 Å². The van der Waals surface area contributed by atoms with Gasteiger partial charge in [-0.1, -0.05) is 15.9 Å². The highest BCUT2D eigenvalue weighted by atomic mass is 79.9. The number of hydrogen-bond donors (Lipinski definition) is 0. The van der Waals surface area contributed by atoms with E-state index in [2.05, 4.69) is 15.9 Å². The van der Waals surface area contributed by atoms with Crippen molar-refractivity contribution in [2.75, 3.05) is 0 Å². The Labute approximate surface area is 89.5 Å². The van der Waals surface area contributed by atoms with Gasteiger partial charge in [0.15, 0.2) is 0 Å². The second-order valence-corrected chi connectivity index (χ2v) is 3.73. The first-order chi connectivity index (χ1) is 6.56. The molecule has 0 bridgehead atoms. The number of benzene rings is 1. The molecule has 1 aromatic rings. The van der Waals surface area contributed by atoms with Crippen LogP contribution in [0.5, 0.6) is 0 Å². The molecule has 0 radical (unpaired) electrons. The lowest BCUT2D eigenvalue weighted by molar-refractivity contribution is -0.116. The average molecular weight is 256 g/mol. The van der Waals surface area contributed by atoms with E-state index in [0.29, 0.717) is 11.1 Å². The van der Waals surface area contributed by atoms with Crippen LogP contribution in [-0.2, 0) is 4.79 Å². The second-order valence-electron chi connectivity index (χ2n) is 2.82. The van der Waals surface area contributed by atoms with Gasteiger partial charge in [0.2, 0.25) is 0 Å². The summed E-state index contributed by atoms with van der Waals surface area (Å²) in [6.07, 6.45) is 0. The number of halogens is 2. The highest BCUT2D eigenvalue weighted by Crippen LogP contribution is 2.27. The lowest BCUT2D eigenvalue weighted by Crippen LogP contribution is -2.03. The zero-order valence-electron chi connectivity index (χ0n) is 7.42. The number of nitrogens with zero attached hydrogens (tertiary/aromatic N) is 1. The minimum absolute atomic E-state index is 0.160. The van der Waals surface area contributed by atoms with E-state index in [9.17, 15) is 9.18 Å². The number of alkyl halides is 1. The molecule has 2 nitrogen and oxygen atoms in total. The number of carbonyl (C=O) groups is 1. The van der Waals surface area contributed by atoms with E-state index < -0.39 is 10.6 Å². The van der Waals surface area contributed by atoms with Gasteiger partial charge >= 0.3 is 0 Å². The predicted molar refractivity (Wildman–Crippen MR) is 53.5 cm³/mol. The lowest BCUT2D eigenvalue weighted by Gasteiger charge is -2.07. The van der Waals surface area contributed by atoms with Crippen LogP contribution in [0.25, 0.3) is 0 Å². The molecule has 0 spiro atoms. The Balaban J connectivity index is 3.25. The first-order valence-corrected chi connectivity index (χ1v) is 4.82. The number of ketones is 1. The Morgan fingerprint density at radius 1 is 1.64 bits per heavy atom. The van der Waals surface area contributed by atoms with Crippen molar-refractivity contribution in [1.29, 1.82) is 5.26 Å². The van der Waals surface area contributed by atoms with Crippen LogP contribution >= 0.6 is 15.9 Å². The van der Waals surface area contributed by atoms with E-state index in [-0.39, 0.29) is 5.78 Å². The van der Waals surface area contributed by atoms with Gasteiger partial charge in [0.25, 0.3) is 0 Å². The fourth-order valence-electron chi connectivity index (χ4n) is 1.06. The summed E-state index contributed by atoms with van der Waals surface area (Å²) >= 11 is 3.11. The summed E-state index contributed by atoms with van der Waals surface area (Å²) in [6, 6.07) is 5.66. The van der Waals surface area contributed by atoms with E-state index in [1.54, 1.807) is 0 Å². The fourth-order valence-corrected chi connectivity index (χ4v) is 1.44. The van der Waals surface area contributed by atoms with Crippen LogP contribution in [0.4, 0.5) is 4.39 Å². The Hall–Kier alpha value is -1.21. The maximum Gasteiger partial charge on any atom is 0.147 e. The molecule has 0 aliphatic carbocycles. The highest BCUT2D eigenvalue weighted by Gasteiger charge is 2.17. The molecule has 0 aliphatic heterocycles. The number of nitriles is 1. The lowest BCUT2D eigenvalue weighted by atomic mass is 10.0. The minimum atomic E-state index is -0.618. The summed E-state index contributed by atoms with van der Waals surface area (Å²) in [6.45, 7) is 1.38. The van der Waals surface area contributed by atoms with Gasteiger partial charge in [0.05, 0.1) is 16.5 Å². The van der Waals surface area contributed by atoms with Gasteiger partial charge in [-0.3, -0.25) is 4.79 Å². The minimum Gasteiger partial charge on any atom is -0.298 e. The molecular formula is C10H7BrFNO. The van der Waals surface area contributed by atoms with Crippen molar-refractivity contribution >= 4 is 21.7 Å². The summed E-state index contributed by atoms with van der Waals surface area (Å²) in [7, 11) is 0. The normalized spacial score (nSPS) is 11.9. The van der Waals surface area contributed by atoms with E-state index in [1.165, 1.54) is 25.1 Å². The zero-order chi connectivity index (χ0) is 10.7. The molecule has 0 heterocycles. The molecule has 1 rings (SSSR count). The molecule has 72 valence electrons. The third kappa shape index (κ3) is 2.18. The summed E-state index contributed by atoms with van der Waals surface area (Å²) in [5.74, 6) is -0.614. The molecule has 0 N–H and O–H groups in total. The molecule has 14 heavy (non-hydrogen) atoms. The van der Waals surface area contributed by atoms with Crippen molar-refractivity contribution in [3.05, 3.63) is 35.1 Å². The Kier molecular flexibility index (Phi) is 3.37. The Morgan fingerprint density at radius 2 is 2.29 bits per heavy atom. The summed E-state index contributed by atoms with van der Waals surface area (Å²) in [5.41, 5.74) is 0.684. The molecular weight excluding hydrogens is 249 g/mol. The molecule has 0 fully saturated rings. The average Bonchev–Trinajstić information content (AvgIpc) is 2.16. The van der Waals surface area contributed by atoms with Crippen molar-refractivity contribution in [2.24, 2.45) is 0 Å². The van der Waals surface area contributed by atoms with Crippen molar-refractivity contribution in [2.45, 2.75) is 11.8 Å². The smallest absolute Gasteiger partial charge is 0.147 e. The van der Waals surface area contributed by atoms with Crippen molar-refractivity contribution < 1.29 is 9.18 Å². The van der Waals surface area contributed by atoms with Gasteiger partial charge < -0.3 is 0 Å². The molecule has 4 heteroatoms. The third-order valence-electron chi connectivity index (χ3n) is 1.76. The monoisotopic (exact) mass is 255 g/mol. The first kappa shape index (κ1) is 10.9. The first-order valence-electron chi connectivity index (χ1n) is 3.90. The van der Waals surface area contributed by atoms with Gasteiger partial charge in [-0.2, -0.15) is 5.26 Å². The van der Waals surface area contributed by atoms with Gasteiger partial charge in [-0.15, -0.1) is 0 Å². The van der Waals surface area contributed by atoms with Crippen LogP contribution in [0.3, 0.4) is 0 Å². The van der Waals surface area contributed by atoms with Crippen LogP contribution in [0.1, 0.15) is 22.9 Å². The fraction of sp³-hybridized carbons (Fsp3) is 0.200. The quantitative estimate of drug-likeness (QED) is 0.763.